The minimum atomic E-state index is -5.53. The second-order valence-corrected chi connectivity index (χ2v) is 48.8. The highest BCUT2D eigenvalue weighted by Gasteiger charge is 2.57. The number of hydrogen-bond acceptors (Lipinski definition) is 12. The molecule has 4 rings (SSSR count). The van der Waals surface area contributed by atoms with Crippen molar-refractivity contribution in [3.05, 3.63) is 96.1 Å². The molecule has 0 heterocycles. The number of rotatable bonds is 39. The monoisotopic (exact) mass is 1420 g/mol. The molecule has 12 nitrogen and oxygen atoms in total. The van der Waals surface area contributed by atoms with Crippen molar-refractivity contribution >= 4 is 47.0 Å². The molecule has 0 bridgehead atoms. The minimum Gasteiger partial charge on any atom is -0.469 e. The van der Waals surface area contributed by atoms with Crippen LogP contribution in [-0.2, 0) is 54.7 Å². The predicted octanol–water partition coefficient (Wildman–Crippen LogP) is 20.5. The van der Waals surface area contributed by atoms with Crippen molar-refractivity contribution in [3.8, 4) is 0 Å². The van der Waals surface area contributed by atoms with E-state index in [0.29, 0.717) is 95.6 Å². The lowest BCUT2D eigenvalue weighted by Gasteiger charge is -2.45. The van der Waals surface area contributed by atoms with Gasteiger partial charge in [0.2, 0.25) is 25.0 Å². The van der Waals surface area contributed by atoms with Gasteiger partial charge in [-0.3, -0.25) is 9.59 Å². The molecule has 0 aromatic heterocycles. The van der Waals surface area contributed by atoms with Gasteiger partial charge in [-0.1, -0.05) is 217 Å². The van der Waals surface area contributed by atoms with Gasteiger partial charge >= 0.3 is 27.6 Å². The number of carbonyl (C=O) groups is 2. The molecule has 2 aromatic rings. The second kappa shape index (κ2) is 43.1. The maximum atomic E-state index is 12.5. The van der Waals surface area contributed by atoms with Gasteiger partial charge in [0.15, 0.2) is 0 Å². The van der Waals surface area contributed by atoms with E-state index < -0.39 is 58.9 Å². The number of benzene rings is 2. The van der Waals surface area contributed by atoms with E-state index >= 15 is 0 Å². The summed E-state index contributed by atoms with van der Waals surface area (Å²) in [5.41, 5.74) is 0.0582. The summed E-state index contributed by atoms with van der Waals surface area (Å²) in [6.07, 6.45) is 22.9. The number of halogens is 3. The van der Waals surface area contributed by atoms with Gasteiger partial charge in [0, 0.05) is 25.0 Å². The largest absolute Gasteiger partial charge is 0.522 e. The summed E-state index contributed by atoms with van der Waals surface area (Å²) in [7, 11) is -9.80. The van der Waals surface area contributed by atoms with E-state index in [1.165, 1.54) is 31.8 Å². The number of alkyl halides is 3. The zero-order valence-electron chi connectivity index (χ0n) is 63.3. The van der Waals surface area contributed by atoms with E-state index in [1.54, 1.807) is 41.5 Å². The molecule has 96 heavy (non-hydrogen) atoms. The summed E-state index contributed by atoms with van der Waals surface area (Å²) in [6.45, 7) is 41.8. The number of unbranched alkanes of at least 4 members (excludes halogenated alkanes) is 2. The molecule has 0 saturated heterocycles. The third-order valence-corrected chi connectivity index (χ3v) is 42.0. The molecule has 0 radical (unpaired) electrons. The average molecular weight is 1430 g/mol. The summed E-state index contributed by atoms with van der Waals surface area (Å²) in [5.74, 6) is 1.45. The third kappa shape index (κ3) is 26.8. The van der Waals surface area contributed by atoms with Crippen LogP contribution in [-0.4, -0.2) is 111 Å². The number of carbonyl (C=O) groups excluding carboxylic acids is 2. The van der Waals surface area contributed by atoms with E-state index in [2.05, 4.69) is 149 Å². The standard InChI is InChI=1S/C43H78O4Si2.C24H36O5.C10H21F3O3SSi/c1-31(2)48(32(3)4,33(5)6)46-39(27-26-38-22-18-17-19-23-38)28-29-40-37(13)30-42(47-49(34(7)8,35(9)10)36(11)12)41(40)24-20-15-16-21-25-43(44)45-14;1-29-24(28)12-8-3-2-7-11-20-21(23(27)17-22(20)26)16-15-19(25)14-13-18-9-5-4-6-10-18;1-7(2)18(8(3)4,9(5)6)16-17(14,15)10(11,12)13/h15,17-20,22-23,31-37,39-42H,16,21,24-30H2,1-14H3;2,4-7,9-10,19-23,25-27H,3,8,11-17H2,1H3;7-9H,1-6H3/b20-15-;7-2-;/t37-,39+,40+,41-,42+;19-,20+,21+,22-,23+;/m10./s1. The fraction of sp³-hybridized carbons (Fsp3) is 0.766. The molecule has 0 spiro atoms. The Bertz CT molecular complexity index is 2570. The Balaban J connectivity index is 0.000000559. The number of allylic oxidation sites excluding steroid dienone is 4. The summed E-state index contributed by atoms with van der Waals surface area (Å²) >= 11 is 0. The highest BCUT2D eigenvalue weighted by atomic mass is 32.2. The lowest BCUT2D eigenvalue weighted by Crippen LogP contribution is -2.51. The zero-order valence-corrected chi connectivity index (χ0v) is 67.2. The van der Waals surface area contributed by atoms with Gasteiger partial charge in [0.05, 0.1) is 32.5 Å². The van der Waals surface area contributed by atoms with Crippen molar-refractivity contribution in [1.82, 2.24) is 0 Å². The molecule has 0 unspecified atom stereocenters. The topological polar surface area (TPSA) is 175 Å². The van der Waals surface area contributed by atoms with Crippen molar-refractivity contribution in [2.24, 2.45) is 29.6 Å². The second-order valence-electron chi connectivity index (χ2n) is 30.8. The quantitative estimate of drug-likeness (QED) is 0.0190. The van der Waals surface area contributed by atoms with E-state index in [4.69, 9.17) is 17.5 Å². The molecule has 2 aliphatic rings. The van der Waals surface area contributed by atoms with E-state index in [9.17, 15) is 46.5 Å². The minimum absolute atomic E-state index is 0.0103. The normalized spacial score (nSPS) is 21.4. The first-order valence-electron chi connectivity index (χ1n) is 36.8. The summed E-state index contributed by atoms with van der Waals surface area (Å²) in [5, 5.41) is 31.1. The van der Waals surface area contributed by atoms with Crippen LogP contribution in [0.1, 0.15) is 245 Å². The van der Waals surface area contributed by atoms with E-state index in [0.717, 1.165) is 70.6 Å². The fourth-order valence-corrected chi connectivity index (χ4v) is 36.4. The Hall–Kier alpha value is -2.99. The smallest absolute Gasteiger partial charge is 0.469 e. The van der Waals surface area contributed by atoms with Gasteiger partial charge < -0.3 is 37.5 Å². The van der Waals surface area contributed by atoms with E-state index in [-0.39, 0.29) is 46.5 Å². The van der Waals surface area contributed by atoms with Crippen LogP contribution >= 0.6 is 0 Å². The van der Waals surface area contributed by atoms with Crippen LogP contribution < -0.4 is 0 Å². The molecule has 19 heteroatoms. The SMILES string of the molecule is CC(C)[Si](OS(=O)(=O)C(F)(F)F)(C(C)C)C(C)C.COC(=O)CCC/C=C\C[C@@H]1[C@@H](CC[C@@H](O)CCc2ccccc2)[C@H](O)C[C@@H]1O.COC(=O)CCC/C=C\C[C@@H]1[C@@H](CC[C@H](CCc2ccccc2)O[Si](C(C)C)(C(C)C)C(C)C)[C@H](C)C[C@@H]1O[Si](C(C)C)(C(C)C)C(C)C. The number of aliphatic hydroxyl groups excluding tert-OH is 3. The van der Waals surface area contributed by atoms with Gasteiger partial charge in [-0.15, -0.1) is 0 Å². The highest BCUT2D eigenvalue weighted by molar-refractivity contribution is 7.88. The Morgan fingerprint density at radius 1 is 0.531 bits per heavy atom. The van der Waals surface area contributed by atoms with Crippen molar-refractivity contribution in [3.63, 3.8) is 0 Å². The van der Waals surface area contributed by atoms with Gasteiger partial charge in [-0.05, 0) is 193 Å². The Kier molecular flexibility index (Phi) is 40.0. The molecule has 3 N–H and O–H groups in total. The molecule has 2 aliphatic carbocycles. The van der Waals surface area contributed by atoms with Gasteiger partial charge in [-0.2, -0.15) is 21.6 Å². The summed E-state index contributed by atoms with van der Waals surface area (Å²) < 4.78 is 89.4. The fourth-order valence-electron chi connectivity index (χ4n) is 17.0. The van der Waals surface area contributed by atoms with Gasteiger partial charge in [0.25, 0.3) is 0 Å². The molecule has 554 valence electrons. The third-order valence-electron chi connectivity index (χ3n) is 21.7. The Morgan fingerprint density at radius 3 is 1.33 bits per heavy atom. The first-order chi connectivity index (χ1) is 44.8. The number of aryl methyl sites for hydroxylation is 2. The molecule has 2 fully saturated rings. The van der Waals surface area contributed by atoms with Crippen LogP contribution in [0.2, 0.25) is 49.9 Å². The number of ether oxygens (including phenoxy) is 2. The molecular weight excluding hydrogens is 1290 g/mol. The van der Waals surface area contributed by atoms with Crippen LogP contribution in [0, 0.1) is 29.6 Å². The number of esters is 2. The maximum Gasteiger partial charge on any atom is 0.522 e. The Labute approximate surface area is 585 Å². The van der Waals surface area contributed by atoms with Crippen molar-refractivity contribution < 1.29 is 68.7 Å². The van der Waals surface area contributed by atoms with Crippen molar-refractivity contribution in [2.45, 2.75) is 333 Å². The lowest BCUT2D eigenvalue weighted by atomic mass is 9.83. The number of aliphatic hydroxyl groups is 3. The molecule has 2 aromatic carbocycles. The van der Waals surface area contributed by atoms with Crippen molar-refractivity contribution in [2.75, 3.05) is 14.2 Å². The first kappa shape index (κ1) is 89.1. The lowest BCUT2D eigenvalue weighted by molar-refractivity contribution is -0.141. The number of methoxy groups -OCH3 is 2. The van der Waals surface area contributed by atoms with Crippen LogP contribution in [0.15, 0.2) is 85.0 Å². The van der Waals surface area contributed by atoms with Crippen LogP contribution in [0.3, 0.4) is 0 Å². The molecule has 0 aliphatic heterocycles. The highest BCUT2D eigenvalue weighted by Crippen LogP contribution is 2.52. The first-order valence-corrected chi connectivity index (χ1v) is 44.6. The Morgan fingerprint density at radius 2 is 0.927 bits per heavy atom. The molecule has 0 amide bonds. The van der Waals surface area contributed by atoms with Gasteiger partial charge in [-0.25, -0.2) is 0 Å². The number of hydrogen-bond donors (Lipinski definition) is 3. The summed E-state index contributed by atoms with van der Waals surface area (Å²) in [6, 6.07) is 21.1. The van der Waals surface area contributed by atoms with Crippen LogP contribution in [0.5, 0.6) is 0 Å². The zero-order chi connectivity index (χ0) is 72.9. The van der Waals surface area contributed by atoms with Crippen LogP contribution in [0.4, 0.5) is 13.2 Å². The predicted molar refractivity (Wildman–Crippen MR) is 397 cm³/mol. The average Bonchev–Trinajstić information content (AvgIpc) is 1.50. The van der Waals surface area contributed by atoms with E-state index in [1.807, 2.05) is 30.4 Å². The summed E-state index contributed by atoms with van der Waals surface area (Å²) in [4.78, 5) is 22.8. The molecular formula is C77H135F3O12SSi3. The molecule has 10 atom stereocenters. The van der Waals surface area contributed by atoms with Gasteiger partial charge in [0.1, 0.15) is 0 Å². The maximum absolute atomic E-state index is 12.5. The van der Waals surface area contributed by atoms with Crippen molar-refractivity contribution in [1.29, 1.82) is 0 Å². The van der Waals surface area contributed by atoms with Crippen LogP contribution in [0.25, 0.3) is 0 Å². The molecule has 2 saturated carbocycles.